The van der Waals surface area contributed by atoms with Crippen molar-refractivity contribution in [1.29, 1.82) is 0 Å². The quantitative estimate of drug-likeness (QED) is 0.530. The fraction of sp³-hybridized carbons (Fsp3) is 0.217. The number of nitrogens with two attached hydrogens (primary N) is 1. The average Bonchev–Trinajstić information content (AvgIpc) is 3.22. The summed E-state index contributed by atoms with van der Waals surface area (Å²) in [5.74, 6) is 0.935. The van der Waals surface area contributed by atoms with Crippen molar-refractivity contribution in [3.8, 4) is 11.7 Å². The molecule has 2 heterocycles. The molecule has 0 unspecified atom stereocenters. The molecule has 0 spiro atoms. The van der Waals surface area contributed by atoms with Crippen LogP contribution in [0.25, 0.3) is 16.9 Å². The standard InChI is InChI=1S/C23H22N6O2/c1-28(14-6-4-7-15(30)12-14)22-17-8-2-3-10-19(17)26-23(27-22)29-20-11-5-9-16(21(24)31)18(20)13-25-29/h4-7,9,11-13,30H,2-3,8,10H2,1H3,(H2,24,31). The van der Waals surface area contributed by atoms with Crippen LogP contribution in [0.2, 0.25) is 0 Å². The number of aromatic hydroxyl groups is 1. The molecule has 0 saturated heterocycles. The predicted octanol–water partition coefficient (Wildman–Crippen LogP) is 3.27. The van der Waals surface area contributed by atoms with Gasteiger partial charge in [-0.05, 0) is 49.9 Å². The summed E-state index contributed by atoms with van der Waals surface area (Å²) >= 11 is 0. The molecule has 31 heavy (non-hydrogen) atoms. The van der Waals surface area contributed by atoms with Gasteiger partial charge >= 0.3 is 0 Å². The number of hydrogen-bond acceptors (Lipinski definition) is 6. The van der Waals surface area contributed by atoms with E-state index in [9.17, 15) is 9.90 Å². The molecule has 5 rings (SSSR count). The Morgan fingerprint density at radius 1 is 1.13 bits per heavy atom. The van der Waals surface area contributed by atoms with Crippen LogP contribution >= 0.6 is 0 Å². The first-order valence-corrected chi connectivity index (χ1v) is 10.2. The molecule has 156 valence electrons. The van der Waals surface area contributed by atoms with Gasteiger partial charge in [-0.15, -0.1) is 0 Å². The number of anilines is 2. The smallest absolute Gasteiger partial charge is 0.253 e. The molecule has 0 saturated carbocycles. The molecule has 2 aromatic carbocycles. The van der Waals surface area contributed by atoms with Crippen LogP contribution in [0, 0.1) is 0 Å². The summed E-state index contributed by atoms with van der Waals surface area (Å²) in [6, 6.07) is 12.4. The zero-order valence-electron chi connectivity index (χ0n) is 17.1. The molecule has 8 heteroatoms. The molecule has 0 fully saturated rings. The van der Waals surface area contributed by atoms with Gasteiger partial charge in [-0.1, -0.05) is 12.1 Å². The van der Waals surface area contributed by atoms with Crippen molar-refractivity contribution in [1.82, 2.24) is 19.7 Å². The van der Waals surface area contributed by atoms with Gasteiger partial charge in [-0.3, -0.25) is 4.79 Å². The zero-order valence-corrected chi connectivity index (χ0v) is 17.1. The Hall–Kier alpha value is -3.94. The lowest BCUT2D eigenvalue weighted by atomic mass is 9.96. The number of hydrogen-bond donors (Lipinski definition) is 2. The Morgan fingerprint density at radius 3 is 2.74 bits per heavy atom. The van der Waals surface area contributed by atoms with Crippen molar-refractivity contribution in [3.63, 3.8) is 0 Å². The first-order chi connectivity index (χ1) is 15.0. The molecule has 1 amide bonds. The molecule has 0 aliphatic heterocycles. The first-order valence-electron chi connectivity index (χ1n) is 10.2. The molecule has 2 aromatic heterocycles. The number of benzene rings is 2. The Bertz CT molecular complexity index is 1310. The van der Waals surface area contributed by atoms with Crippen molar-refractivity contribution in [2.75, 3.05) is 11.9 Å². The van der Waals surface area contributed by atoms with Crippen LogP contribution in [0.1, 0.15) is 34.5 Å². The SMILES string of the molecule is CN(c1cccc(O)c1)c1nc(-n2ncc3c(C(N)=O)cccc32)nc2c1CCCC2. The van der Waals surface area contributed by atoms with Crippen molar-refractivity contribution < 1.29 is 9.90 Å². The second-order valence-corrected chi connectivity index (χ2v) is 7.72. The van der Waals surface area contributed by atoms with E-state index in [0.717, 1.165) is 54.0 Å². The van der Waals surface area contributed by atoms with Crippen LogP contribution in [-0.4, -0.2) is 37.8 Å². The minimum absolute atomic E-state index is 0.199. The van der Waals surface area contributed by atoms with E-state index >= 15 is 0 Å². The lowest BCUT2D eigenvalue weighted by Crippen LogP contribution is -2.20. The van der Waals surface area contributed by atoms with Gasteiger partial charge in [0.2, 0.25) is 5.91 Å². The number of nitrogens with zero attached hydrogens (tertiary/aromatic N) is 5. The number of aromatic nitrogens is 4. The molecular formula is C23H22N6O2. The van der Waals surface area contributed by atoms with E-state index < -0.39 is 5.91 Å². The highest BCUT2D eigenvalue weighted by atomic mass is 16.3. The average molecular weight is 414 g/mol. The Labute approximate surface area is 179 Å². The number of amides is 1. The van der Waals surface area contributed by atoms with Crippen LogP contribution in [0.5, 0.6) is 5.75 Å². The lowest BCUT2D eigenvalue weighted by Gasteiger charge is -2.26. The molecule has 0 bridgehead atoms. The van der Waals surface area contributed by atoms with E-state index in [1.807, 2.05) is 30.1 Å². The number of aryl methyl sites for hydroxylation is 1. The number of primary amides is 1. The Balaban J connectivity index is 1.69. The summed E-state index contributed by atoms with van der Waals surface area (Å²) in [6.45, 7) is 0. The van der Waals surface area contributed by atoms with Crippen molar-refractivity contribution in [2.24, 2.45) is 5.73 Å². The van der Waals surface area contributed by atoms with Crippen LogP contribution < -0.4 is 10.6 Å². The minimum atomic E-state index is -0.499. The molecule has 3 N–H and O–H groups in total. The van der Waals surface area contributed by atoms with Crippen molar-refractivity contribution in [3.05, 3.63) is 65.5 Å². The van der Waals surface area contributed by atoms with E-state index in [0.29, 0.717) is 16.9 Å². The van der Waals surface area contributed by atoms with Gasteiger partial charge < -0.3 is 15.7 Å². The summed E-state index contributed by atoms with van der Waals surface area (Å²) in [6.07, 6.45) is 5.56. The number of phenolic OH excluding ortho intramolecular Hbond substituents is 1. The summed E-state index contributed by atoms with van der Waals surface area (Å²) in [5.41, 5.74) is 9.62. The number of rotatable bonds is 4. The molecule has 1 aliphatic rings. The first kappa shape index (κ1) is 19.0. The van der Waals surface area contributed by atoms with Crippen LogP contribution in [0.15, 0.2) is 48.7 Å². The molecular weight excluding hydrogens is 392 g/mol. The van der Waals surface area contributed by atoms with Crippen molar-refractivity contribution >= 4 is 28.3 Å². The largest absolute Gasteiger partial charge is 0.508 e. The predicted molar refractivity (Wildman–Crippen MR) is 118 cm³/mol. The van der Waals surface area contributed by atoms with E-state index in [4.69, 9.17) is 15.7 Å². The normalized spacial score (nSPS) is 13.2. The van der Waals surface area contributed by atoms with Gasteiger partial charge in [0, 0.05) is 29.8 Å². The third-order valence-electron chi connectivity index (χ3n) is 5.75. The second kappa shape index (κ2) is 7.39. The zero-order chi connectivity index (χ0) is 21.5. The Morgan fingerprint density at radius 2 is 1.94 bits per heavy atom. The maximum absolute atomic E-state index is 11.8. The third-order valence-corrected chi connectivity index (χ3v) is 5.75. The number of carbonyl (C=O) groups excluding carboxylic acids is 1. The highest BCUT2D eigenvalue weighted by Crippen LogP contribution is 2.33. The molecule has 8 nitrogen and oxygen atoms in total. The van der Waals surface area contributed by atoms with Gasteiger partial charge in [0.15, 0.2) is 0 Å². The number of carbonyl (C=O) groups is 1. The fourth-order valence-corrected chi connectivity index (χ4v) is 4.18. The monoisotopic (exact) mass is 414 g/mol. The van der Waals surface area contributed by atoms with E-state index in [-0.39, 0.29) is 5.75 Å². The molecule has 0 atom stereocenters. The molecule has 1 aliphatic carbocycles. The number of fused-ring (bicyclic) bond motifs is 2. The highest BCUT2D eigenvalue weighted by molar-refractivity contribution is 6.05. The van der Waals surface area contributed by atoms with Gasteiger partial charge in [0.25, 0.3) is 5.95 Å². The second-order valence-electron chi connectivity index (χ2n) is 7.72. The van der Waals surface area contributed by atoms with E-state index in [1.54, 1.807) is 35.1 Å². The summed E-state index contributed by atoms with van der Waals surface area (Å²) < 4.78 is 1.65. The summed E-state index contributed by atoms with van der Waals surface area (Å²) in [7, 11) is 1.93. The molecule has 0 radical (unpaired) electrons. The third kappa shape index (κ3) is 3.26. The molecule has 4 aromatic rings. The topological polar surface area (TPSA) is 110 Å². The van der Waals surface area contributed by atoms with Gasteiger partial charge in [-0.2, -0.15) is 14.8 Å². The van der Waals surface area contributed by atoms with E-state index in [2.05, 4.69) is 5.10 Å². The summed E-state index contributed by atoms with van der Waals surface area (Å²) in [4.78, 5) is 23.5. The maximum Gasteiger partial charge on any atom is 0.253 e. The lowest BCUT2D eigenvalue weighted by molar-refractivity contribution is 0.100. The van der Waals surface area contributed by atoms with Gasteiger partial charge in [0.1, 0.15) is 11.6 Å². The maximum atomic E-state index is 11.8. The van der Waals surface area contributed by atoms with Crippen LogP contribution in [-0.2, 0) is 12.8 Å². The fourth-order valence-electron chi connectivity index (χ4n) is 4.18. The minimum Gasteiger partial charge on any atom is -0.508 e. The van der Waals surface area contributed by atoms with Crippen molar-refractivity contribution in [2.45, 2.75) is 25.7 Å². The number of phenols is 1. The van der Waals surface area contributed by atoms with E-state index in [1.165, 1.54) is 0 Å². The van der Waals surface area contributed by atoms with Crippen LogP contribution in [0.3, 0.4) is 0 Å². The van der Waals surface area contributed by atoms with Crippen LogP contribution in [0.4, 0.5) is 11.5 Å². The highest BCUT2D eigenvalue weighted by Gasteiger charge is 2.23. The van der Waals surface area contributed by atoms with Gasteiger partial charge in [0.05, 0.1) is 23.0 Å². The summed E-state index contributed by atoms with van der Waals surface area (Å²) in [5, 5.41) is 15.1. The van der Waals surface area contributed by atoms with Gasteiger partial charge in [-0.25, -0.2) is 4.98 Å². The Kier molecular flexibility index (Phi) is 4.54.